The molecule has 0 N–H and O–H groups in total. The molecule has 2 saturated heterocycles. The fourth-order valence-electron chi connectivity index (χ4n) is 3.98. The van der Waals surface area contributed by atoms with Crippen LogP contribution in [0.25, 0.3) is 0 Å². The Labute approximate surface area is 182 Å². The quantitative estimate of drug-likeness (QED) is 0.580. The van der Waals surface area contributed by atoms with E-state index >= 15 is 0 Å². The number of hydrogen-bond acceptors (Lipinski definition) is 5. The normalized spacial score (nSPS) is 18.7. The minimum absolute atomic E-state index is 0.0673. The van der Waals surface area contributed by atoms with Gasteiger partial charge in [-0.15, -0.1) is 0 Å². The van der Waals surface area contributed by atoms with Gasteiger partial charge in [0.25, 0.3) is 5.91 Å². The van der Waals surface area contributed by atoms with E-state index in [2.05, 4.69) is 27.8 Å². The summed E-state index contributed by atoms with van der Waals surface area (Å²) in [5.41, 5.74) is 0.643. The van der Waals surface area contributed by atoms with Crippen molar-refractivity contribution >= 4 is 21.8 Å². The van der Waals surface area contributed by atoms with Crippen LogP contribution < -0.4 is 9.47 Å². The molecule has 29 heavy (non-hydrogen) atoms. The second-order valence-corrected chi connectivity index (χ2v) is 8.67. The Bertz CT molecular complexity index is 671. The van der Waals surface area contributed by atoms with E-state index in [0.717, 1.165) is 69.7 Å². The zero-order valence-corrected chi connectivity index (χ0v) is 19.2. The summed E-state index contributed by atoms with van der Waals surface area (Å²) in [6, 6.07) is 3.64. The predicted molar refractivity (Wildman–Crippen MR) is 117 cm³/mol. The minimum atomic E-state index is 0.0673. The van der Waals surface area contributed by atoms with E-state index in [1.54, 1.807) is 13.2 Å². The van der Waals surface area contributed by atoms with Crippen molar-refractivity contribution in [1.29, 1.82) is 0 Å². The van der Waals surface area contributed by atoms with Crippen molar-refractivity contribution in [3.63, 3.8) is 0 Å². The van der Waals surface area contributed by atoms with Crippen LogP contribution in [0.2, 0.25) is 0 Å². The average molecular weight is 469 g/mol. The number of carbonyl (C=O) groups is 1. The topological polar surface area (TPSA) is 51.2 Å². The van der Waals surface area contributed by atoms with Gasteiger partial charge >= 0.3 is 0 Å². The average Bonchev–Trinajstić information content (AvgIpc) is 2.77. The molecule has 0 aliphatic carbocycles. The van der Waals surface area contributed by atoms with Crippen LogP contribution >= 0.6 is 15.9 Å². The molecule has 0 atom stereocenters. The molecule has 0 spiro atoms. The summed E-state index contributed by atoms with van der Waals surface area (Å²) >= 11 is 3.54. The monoisotopic (exact) mass is 468 g/mol. The summed E-state index contributed by atoms with van der Waals surface area (Å²) in [7, 11) is 1.61. The molecule has 1 amide bonds. The summed E-state index contributed by atoms with van der Waals surface area (Å²) in [5, 5.41) is 0. The van der Waals surface area contributed by atoms with Crippen LogP contribution in [-0.2, 0) is 4.74 Å². The predicted octanol–water partition coefficient (Wildman–Crippen LogP) is 3.82. The van der Waals surface area contributed by atoms with Crippen molar-refractivity contribution in [2.24, 2.45) is 5.92 Å². The number of amides is 1. The molecule has 0 aromatic heterocycles. The van der Waals surface area contributed by atoms with Gasteiger partial charge in [-0.05, 0) is 66.2 Å². The van der Waals surface area contributed by atoms with E-state index in [9.17, 15) is 4.79 Å². The fraction of sp³-hybridized carbons (Fsp3) is 0.682. The standard InChI is InChI=1S/C22H33BrN2O4/c1-3-12-29-21-19(23)15-18(16-20(21)27-2)22(26)25-8-5-17(6-9-25)4-7-24-10-13-28-14-11-24/h15-17H,3-14H2,1-2H3. The van der Waals surface area contributed by atoms with Gasteiger partial charge in [-0.2, -0.15) is 0 Å². The smallest absolute Gasteiger partial charge is 0.254 e. The van der Waals surface area contributed by atoms with E-state index in [1.807, 2.05) is 11.0 Å². The highest BCUT2D eigenvalue weighted by Gasteiger charge is 2.25. The lowest BCUT2D eigenvalue weighted by molar-refractivity contribution is 0.0332. The van der Waals surface area contributed by atoms with Crippen molar-refractivity contribution in [1.82, 2.24) is 9.80 Å². The van der Waals surface area contributed by atoms with Crippen LogP contribution in [-0.4, -0.2) is 75.4 Å². The summed E-state index contributed by atoms with van der Waals surface area (Å²) in [6.07, 6.45) is 4.28. The first-order valence-electron chi connectivity index (χ1n) is 10.7. The molecule has 1 aromatic rings. The van der Waals surface area contributed by atoms with E-state index in [1.165, 1.54) is 6.42 Å². The van der Waals surface area contributed by atoms with Gasteiger partial charge < -0.3 is 19.1 Å². The Morgan fingerprint density at radius 2 is 1.93 bits per heavy atom. The molecule has 6 nitrogen and oxygen atoms in total. The SMILES string of the molecule is CCCOc1c(Br)cc(C(=O)N2CCC(CCN3CCOCC3)CC2)cc1OC. The van der Waals surface area contributed by atoms with Crippen molar-refractivity contribution < 1.29 is 19.0 Å². The molecule has 3 rings (SSSR count). The first-order valence-corrected chi connectivity index (χ1v) is 11.5. The number of nitrogens with zero attached hydrogens (tertiary/aromatic N) is 2. The first-order chi connectivity index (χ1) is 14.1. The van der Waals surface area contributed by atoms with Crippen LogP contribution in [0.15, 0.2) is 16.6 Å². The fourth-order valence-corrected chi connectivity index (χ4v) is 4.54. The van der Waals surface area contributed by atoms with Gasteiger partial charge in [0, 0.05) is 31.7 Å². The Balaban J connectivity index is 1.54. The lowest BCUT2D eigenvalue weighted by Gasteiger charge is -2.34. The number of hydrogen-bond donors (Lipinski definition) is 0. The van der Waals surface area contributed by atoms with Gasteiger partial charge in [0.05, 0.1) is 31.4 Å². The summed E-state index contributed by atoms with van der Waals surface area (Å²) in [6.45, 7) is 9.26. The van der Waals surface area contributed by atoms with Crippen LogP contribution in [0.3, 0.4) is 0 Å². The Kier molecular flexibility index (Phi) is 8.63. The summed E-state index contributed by atoms with van der Waals surface area (Å²) in [4.78, 5) is 17.5. The van der Waals surface area contributed by atoms with Crippen molar-refractivity contribution in [3.8, 4) is 11.5 Å². The molecule has 0 bridgehead atoms. The number of rotatable bonds is 8. The van der Waals surface area contributed by atoms with Crippen molar-refractivity contribution in [2.75, 3.05) is 59.7 Å². The number of methoxy groups -OCH3 is 1. The lowest BCUT2D eigenvalue weighted by atomic mass is 9.93. The molecular weight excluding hydrogens is 436 g/mol. The van der Waals surface area contributed by atoms with Gasteiger partial charge in [-0.3, -0.25) is 9.69 Å². The van der Waals surface area contributed by atoms with Crippen LogP contribution in [0.1, 0.15) is 43.0 Å². The highest BCUT2D eigenvalue weighted by Crippen LogP contribution is 2.37. The first kappa shape index (κ1) is 22.4. The van der Waals surface area contributed by atoms with E-state index in [-0.39, 0.29) is 5.91 Å². The lowest BCUT2D eigenvalue weighted by Crippen LogP contribution is -2.40. The molecule has 2 aliphatic heterocycles. The zero-order valence-electron chi connectivity index (χ0n) is 17.6. The molecular formula is C22H33BrN2O4. The summed E-state index contributed by atoms with van der Waals surface area (Å²) < 4.78 is 17.4. The highest BCUT2D eigenvalue weighted by atomic mass is 79.9. The number of ether oxygens (including phenoxy) is 3. The maximum atomic E-state index is 13.0. The third-order valence-corrected chi connectivity index (χ3v) is 6.37. The van der Waals surface area contributed by atoms with Gasteiger partial charge in [-0.25, -0.2) is 0 Å². The number of piperidine rings is 1. The van der Waals surface area contributed by atoms with E-state index < -0.39 is 0 Å². The molecule has 1 aromatic carbocycles. The minimum Gasteiger partial charge on any atom is -0.493 e. The second-order valence-electron chi connectivity index (χ2n) is 7.82. The molecule has 0 unspecified atom stereocenters. The largest absolute Gasteiger partial charge is 0.493 e. The molecule has 0 radical (unpaired) electrons. The number of likely N-dealkylation sites (tertiary alicyclic amines) is 1. The third kappa shape index (κ3) is 6.09. The molecule has 2 heterocycles. The summed E-state index contributed by atoms with van der Waals surface area (Å²) in [5.74, 6) is 2.02. The third-order valence-electron chi connectivity index (χ3n) is 5.79. The Hall–Kier alpha value is -1.31. The number of carbonyl (C=O) groups excluding carboxylic acids is 1. The zero-order chi connectivity index (χ0) is 20.6. The van der Waals surface area contributed by atoms with Crippen LogP contribution in [0, 0.1) is 5.92 Å². The highest BCUT2D eigenvalue weighted by molar-refractivity contribution is 9.10. The van der Waals surface area contributed by atoms with Crippen LogP contribution in [0.4, 0.5) is 0 Å². The number of halogens is 1. The van der Waals surface area contributed by atoms with E-state index in [0.29, 0.717) is 29.6 Å². The maximum Gasteiger partial charge on any atom is 0.254 e. The number of morpholine rings is 1. The molecule has 7 heteroatoms. The van der Waals surface area contributed by atoms with Gasteiger partial charge in [0.2, 0.25) is 0 Å². The molecule has 162 valence electrons. The van der Waals surface area contributed by atoms with Crippen molar-refractivity contribution in [2.45, 2.75) is 32.6 Å². The van der Waals surface area contributed by atoms with Gasteiger partial charge in [0.15, 0.2) is 11.5 Å². The van der Waals surface area contributed by atoms with Gasteiger partial charge in [-0.1, -0.05) is 6.92 Å². The number of benzene rings is 1. The maximum absolute atomic E-state index is 13.0. The molecule has 2 fully saturated rings. The Morgan fingerprint density at radius 3 is 2.59 bits per heavy atom. The second kappa shape index (κ2) is 11.2. The Morgan fingerprint density at radius 1 is 1.21 bits per heavy atom. The van der Waals surface area contributed by atoms with Crippen molar-refractivity contribution in [3.05, 3.63) is 22.2 Å². The van der Waals surface area contributed by atoms with E-state index in [4.69, 9.17) is 14.2 Å². The van der Waals surface area contributed by atoms with Gasteiger partial charge in [0.1, 0.15) is 0 Å². The molecule has 0 saturated carbocycles. The van der Waals surface area contributed by atoms with Crippen LogP contribution in [0.5, 0.6) is 11.5 Å². The molecule has 2 aliphatic rings.